The molecule has 0 fully saturated rings. The molecule has 26 heavy (non-hydrogen) atoms. The lowest BCUT2D eigenvalue weighted by molar-refractivity contribution is -0.123. The topological polar surface area (TPSA) is 81.4 Å². The molecule has 1 aromatic heterocycles. The average Bonchev–Trinajstić information content (AvgIpc) is 3.09. The summed E-state index contributed by atoms with van der Waals surface area (Å²) >= 11 is 0. The van der Waals surface area contributed by atoms with Gasteiger partial charge in [0.2, 0.25) is 5.76 Å². The van der Waals surface area contributed by atoms with Crippen molar-refractivity contribution in [1.82, 2.24) is 5.16 Å². The van der Waals surface area contributed by atoms with Crippen molar-refractivity contribution in [2.75, 3.05) is 5.32 Å². The predicted molar refractivity (Wildman–Crippen MR) is 96.6 cm³/mol. The molecule has 0 bridgehead atoms. The Morgan fingerprint density at radius 1 is 1.08 bits per heavy atom. The van der Waals surface area contributed by atoms with E-state index in [1.54, 1.807) is 13.0 Å². The highest BCUT2D eigenvalue weighted by atomic mass is 16.6. The van der Waals surface area contributed by atoms with Gasteiger partial charge in [0.1, 0.15) is 0 Å². The second-order valence-corrected chi connectivity index (χ2v) is 5.78. The zero-order chi connectivity index (χ0) is 18.5. The van der Waals surface area contributed by atoms with Crippen LogP contribution in [0.25, 0.3) is 11.1 Å². The van der Waals surface area contributed by atoms with Crippen molar-refractivity contribution in [3.8, 4) is 11.1 Å². The van der Waals surface area contributed by atoms with Gasteiger partial charge in [-0.2, -0.15) is 0 Å². The molecule has 0 spiro atoms. The molecular weight excluding hydrogens is 332 g/mol. The highest BCUT2D eigenvalue weighted by Gasteiger charge is 2.22. The molecule has 0 saturated heterocycles. The fraction of sp³-hybridized carbons (Fsp3) is 0.150. The maximum atomic E-state index is 12.4. The highest BCUT2D eigenvalue weighted by Crippen LogP contribution is 2.27. The van der Waals surface area contributed by atoms with E-state index >= 15 is 0 Å². The molecule has 2 aromatic carbocycles. The van der Waals surface area contributed by atoms with Crippen LogP contribution in [0.2, 0.25) is 0 Å². The van der Waals surface area contributed by atoms with Gasteiger partial charge in [0, 0.05) is 17.3 Å². The number of esters is 1. The van der Waals surface area contributed by atoms with E-state index in [-0.39, 0.29) is 5.76 Å². The number of ether oxygens (including phenoxy) is 1. The Hall–Kier alpha value is -3.41. The molecule has 0 aliphatic heterocycles. The second-order valence-electron chi connectivity index (χ2n) is 5.78. The minimum absolute atomic E-state index is 0.0353. The van der Waals surface area contributed by atoms with Crippen molar-refractivity contribution in [2.45, 2.75) is 20.0 Å². The van der Waals surface area contributed by atoms with Crippen LogP contribution in [0.4, 0.5) is 5.69 Å². The number of amides is 1. The number of carbonyl (C=O) groups excluding carboxylic acids is 2. The molecule has 0 aliphatic rings. The SMILES string of the molecule is Cc1cc(C(=O)O[C@@H](C)C(=O)Nc2ccccc2-c2ccccc2)on1. The van der Waals surface area contributed by atoms with Crippen LogP contribution < -0.4 is 5.32 Å². The Kier molecular flexibility index (Phi) is 5.12. The van der Waals surface area contributed by atoms with Crippen molar-refractivity contribution in [1.29, 1.82) is 0 Å². The summed E-state index contributed by atoms with van der Waals surface area (Å²) in [6.07, 6.45) is -0.989. The summed E-state index contributed by atoms with van der Waals surface area (Å²) in [5.74, 6) is -1.20. The quantitative estimate of drug-likeness (QED) is 0.707. The predicted octanol–water partition coefficient (Wildman–Crippen LogP) is 3.83. The Morgan fingerprint density at radius 2 is 1.77 bits per heavy atom. The molecule has 1 amide bonds. The molecule has 1 atom stereocenters. The third-order valence-electron chi connectivity index (χ3n) is 3.75. The number of para-hydroxylation sites is 1. The molecule has 0 radical (unpaired) electrons. The average molecular weight is 350 g/mol. The van der Waals surface area contributed by atoms with Crippen molar-refractivity contribution in [3.05, 3.63) is 72.1 Å². The van der Waals surface area contributed by atoms with Crippen molar-refractivity contribution in [2.24, 2.45) is 0 Å². The largest absolute Gasteiger partial charge is 0.447 e. The number of carbonyl (C=O) groups is 2. The normalized spacial score (nSPS) is 11.6. The van der Waals surface area contributed by atoms with Gasteiger partial charge in [0.05, 0.1) is 5.69 Å². The lowest BCUT2D eigenvalue weighted by Crippen LogP contribution is -2.30. The number of aryl methyl sites for hydroxylation is 1. The molecule has 6 heteroatoms. The van der Waals surface area contributed by atoms with Gasteiger partial charge in [-0.25, -0.2) is 4.79 Å². The molecule has 1 N–H and O–H groups in total. The Labute approximate surface area is 150 Å². The maximum absolute atomic E-state index is 12.4. The summed E-state index contributed by atoms with van der Waals surface area (Å²) < 4.78 is 9.99. The summed E-state index contributed by atoms with van der Waals surface area (Å²) in [5.41, 5.74) is 3.06. The van der Waals surface area contributed by atoms with Gasteiger partial charge in [-0.05, 0) is 25.5 Å². The van der Waals surface area contributed by atoms with Crippen LogP contribution in [0.1, 0.15) is 23.2 Å². The van der Waals surface area contributed by atoms with Crippen LogP contribution >= 0.6 is 0 Å². The van der Waals surface area contributed by atoms with E-state index in [1.165, 1.54) is 13.0 Å². The fourth-order valence-corrected chi connectivity index (χ4v) is 2.43. The first-order valence-electron chi connectivity index (χ1n) is 8.14. The number of rotatable bonds is 5. The van der Waals surface area contributed by atoms with Gasteiger partial charge in [-0.15, -0.1) is 0 Å². The molecule has 0 aliphatic carbocycles. The number of hydrogen-bond donors (Lipinski definition) is 1. The van der Waals surface area contributed by atoms with Crippen molar-refractivity contribution < 1.29 is 18.8 Å². The number of anilines is 1. The number of hydrogen-bond acceptors (Lipinski definition) is 5. The minimum atomic E-state index is -0.989. The van der Waals surface area contributed by atoms with Gasteiger partial charge in [-0.1, -0.05) is 53.7 Å². The second kappa shape index (κ2) is 7.65. The smallest absolute Gasteiger partial charge is 0.377 e. The molecule has 0 saturated carbocycles. The van der Waals surface area contributed by atoms with E-state index in [0.717, 1.165) is 11.1 Å². The number of benzene rings is 2. The van der Waals surface area contributed by atoms with Gasteiger partial charge >= 0.3 is 5.97 Å². The van der Waals surface area contributed by atoms with Crippen LogP contribution in [0.15, 0.2) is 65.2 Å². The van der Waals surface area contributed by atoms with E-state index in [9.17, 15) is 9.59 Å². The Morgan fingerprint density at radius 3 is 2.46 bits per heavy atom. The molecule has 0 unspecified atom stereocenters. The summed E-state index contributed by atoms with van der Waals surface area (Å²) in [6, 6.07) is 18.6. The number of nitrogens with zero attached hydrogens (tertiary/aromatic N) is 1. The van der Waals surface area contributed by atoms with E-state index in [4.69, 9.17) is 9.26 Å². The van der Waals surface area contributed by atoms with Crippen molar-refractivity contribution in [3.63, 3.8) is 0 Å². The third-order valence-corrected chi connectivity index (χ3v) is 3.75. The van der Waals surface area contributed by atoms with Crippen LogP contribution in [0.5, 0.6) is 0 Å². The van der Waals surface area contributed by atoms with E-state index in [0.29, 0.717) is 11.4 Å². The minimum Gasteiger partial charge on any atom is -0.447 e. The third kappa shape index (κ3) is 3.97. The summed E-state index contributed by atoms with van der Waals surface area (Å²) in [4.78, 5) is 24.4. The van der Waals surface area contributed by atoms with Crippen LogP contribution in [0, 0.1) is 6.92 Å². The van der Waals surface area contributed by atoms with Gasteiger partial charge < -0.3 is 14.6 Å². The van der Waals surface area contributed by atoms with Gasteiger partial charge in [0.25, 0.3) is 5.91 Å². The van der Waals surface area contributed by atoms with Crippen LogP contribution in [-0.2, 0) is 9.53 Å². The molecular formula is C20H18N2O4. The standard InChI is InChI=1S/C20H18N2O4/c1-13-12-18(26-22-13)20(24)25-14(2)19(23)21-17-11-7-6-10-16(17)15-8-4-3-5-9-15/h3-12,14H,1-2H3,(H,21,23)/t14-/m0/s1. The summed E-state index contributed by atoms with van der Waals surface area (Å²) in [6.45, 7) is 3.19. The molecule has 6 nitrogen and oxygen atoms in total. The number of aromatic nitrogens is 1. The van der Waals surface area contributed by atoms with Gasteiger partial charge in [0.15, 0.2) is 6.10 Å². The van der Waals surface area contributed by atoms with E-state index in [1.807, 2.05) is 48.5 Å². The van der Waals surface area contributed by atoms with Gasteiger partial charge in [-0.3, -0.25) is 4.79 Å². The molecule has 132 valence electrons. The summed E-state index contributed by atoms with van der Waals surface area (Å²) in [5, 5.41) is 6.43. The van der Waals surface area contributed by atoms with Crippen molar-refractivity contribution >= 4 is 17.6 Å². The zero-order valence-corrected chi connectivity index (χ0v) is 14.4. The van der Waals surface area contributed by atoms with Crippen LogP contribution in [0.3, 0.4) is 0 Å². The van der Waals surface area contributed by atoms with E-state index in [2.05, 4.69) is 10.5 Å². The lowest BCUT2D eigenvalue weighted by atomic mass is 10.0. The first kappa shape index (κ1) is 17.4. The molecule has 1 heterocycles. The summed E-state index contributed by atoms with van der Waals surface area (Å²) in [7, 11) is 0. The van der Waals surface area contributed by atoms with E-state index < -0.39 is 18.0 Å². The number of nitrogens with one attached hydrogen (secondary N) is 1. The first-order chi connectivity index (χ1) is 12.5. The molecule has 3 rings (SSSR count). The Balaban J connectivity index is 1.71. The monoisotopic (exact) mass is 350 g/mol. The maximum Gasteiger partial charge on any atom is 0.377 e. The lowest BCUT2D eigenvalue weighted by Gasteiger charge is -2.15. The Bertz CT molecular complexity index is 918. The fourth-order valence-electron chi connectivity index (χ4n) is 2.43. The highest BCUT2D eigenvalue weighted by molar-refractivity contribution is 5.99. The zero-order valence-electron chi connectivity index (χ0n) is 14.4. The first-order valence-corrected chi connectivity index (χ1v) is 8.14. The molecule has 3 aromatic rings. The van der Waals surface area contributed by atoms with Crippen LogP contribution in [-0.4, -0.2) is 23.1 Å².